The monoisotopic (exact) mass is 298 g/mol. The summed E-state index contributed by atoms with van der Waals surface area (Å²) in [6, 6.07) is 8.43. The van der Waals surface area contributed by atoms with E-state index in [0.29, 0.717) is 0 Å². The first-order valence-electron chi connectivity index (χ1n) is 6.38. The summed E-state index contributed by atoms with van der Waals surface area (Å²) in [5, 5.41) is 1.09. The fourth-order valence-electron chi connectivity index (χ4n) is 2.03. The van der Waals surface area contributed by atoms with Gasteiger partial charge in [0.2, 0.25) is 0 Å². The molecule has 2 unspecified atom stereocenters. The zero-order valence-corrected chi connectivity index (χ0v) is 12.7. The average Bonchev–Trinajstić information content (AvgIpc) is 2.38. The molecule has 1 aromatic carbocycles. The molecule has 1 rings (SSSR count). The number of rotatable bonds is 7. The Morgan fingerprint density at radius 3 is 2.35 bits per heavy atom. The van der Waals surface area contributed by atoms with Crippen LogP contribution < -0.4 is 4.74 Å². The molecule has 1 aromatic rings. The number of ether oxygens (including phenoxy) is 1. The number of hydrogen-bond donors (Lipinski definition) is 0. The van der Waals surface area contributed by atoms with E-state index < -0.39 is 0 Å². The molecule has 0 spiro atoms. The van der Waals surface area contributed by atoms with Crippen molar-refractivity contribution in [1.82, 2.24) is 0 Å². The lowest BCUT2D eigenvalue weighted by Gasteiger charge is -2.18. The molecule has 0 aliphatic heterocycles. The minimum atomic E-state index is 0.735. The number of benzene rings is 1. The van der Waals surface area contributed by atoms with Crippen molar-refractivity contribution in [3.05, 3.63) is 29.8 Å². The Bertz CT molecular complexity index is 307. The number of hydrogen-bond acceptors (Lipinski definition) is 1. The van der Waals surface area contributed by atoms with Crippen molar-refractivity contribution in [1.29, 1.82) is 0 Å². The van der Waals surface area contributed by atoms with Crippen LogP contribution in [-0.4, -0.2) is 12.4 Å². The molecule has 0 fully saturated rings. The van der Waals surface area contributed by atoms with E-state index in [1.54, 1.807) is 7.11 Å². The van der Waals surface area contributed by atoms with Gasteiger partial charge in [0.1, 0.15) is 5.75 Å². The van der Waals surface area contributed by atoms with Crippen molar-refractivity contribution >= 4 is 15.9 Å². The SMILES string of the molecule is CCC(C)CC(CBr)Cc1ccc(OC)cc1. The van der Waals surface area contributed by atoms with E-state index in [1.165, 1.54) is 18.4 Å². The summed E-state index contributed by atoms with van der Waals surface area (Å²) in [5.74, 6) is 2.49. The molecule has 0 saturated carbocycles. The van der Waals surface area contributed by atoms with Gasteiger partial charge in [-0.25, -0.2) is 0 Å². The Balaban J connectivity index is 2.54. The second-order valence-corrected chi connectivity index (χ2v) is 5.47. The minimum Gasteiger partial charge on any atom is -0.497 e. The van der Waals surface area contributed by atoms with Crippen LogP contribution in [0.5, 0.6) is 5.75 Å². The van der Waals surface area contributed by atoms with Crippen LogP contribution in [0.4, 0.5) is 0 Å². The molecule has 2 atom stereocenters. The Kier molecular flexibility index (Phi) is 6.64. The molecule has 0 aromatic heterocycles. The quantitative estimate of drug-likeness (QED) is 0.664. The Morgan fingerprint density at radius 1 is 1.24 bits per heavy atom. The summed E-state index contributed by atoms with van der Waals surface area (Å²) in [5.41, 5.74) is 1.40. The van der Waals surface area contributed by atoms with Crippen LogP contribution >= 0.6 is 15.9 Å². The Hall–Kier alpha value is -0.500. The third-order valence-electron chi connectivity index (χ3n) is 3.33. The number of alkyl halides is 1. The third kappa shape index (κ3) is 5.12. The standard InChI is InChI=1S/C15H23BrO/c1-4-12(2)9-14(11-16)10-13-5-7-15(17-3)8-6-13/h5-8,12,14H,4,9-11H2,1-3H3. The van der Waals surface area contributed by atoms with Gasteiger partial charge < -0.3 is 4.74 Å². The van der Waals surface area contributed by atoms with Crippen LogP contribution in [0.2, 0.25) is 0 Å². The van der Waals surface area contributed by atoms with Crippen molar-refractivity contribution in [2.45, 2.75) is 33.1 Å². The predicted octanol–water partition coefficient (Wildman–Crippen LogP) is 4.69. The van der Waals surface area contributed by atoms with Gasteiger partial charge in [-0.15, -0.1) is 0 Å². The molecule has 0 aliphatic rings. The summed E-state index contributed by atoms with van der Waals surface area (Å²) < 4.78 is 5.17. The fraction of sp³-hybridized carbons (Fsp3) is 0.600. The van der Waals surface area contributed by atoms with E-state index in [9.17, 15) is 0 Å². The first-order valence-corrected chi connectivity index (χ1v) is 7.50. The van der Waals surface area contributed by atoms with Gasteiger partial charge in [0.25, 0.3) is 0 Å². The molecule has 0 heterocycles. The van der Waals surface area contributed by atoms with E-state index in [0.717, 1.165) is 29.3 Å². The van der Waals surface area contributed by atoms with Gasteiger partial charge >= 0.3 is 0 Å². The van der Waals surface area contributed by atoms with E-state index in [-0.39, 0.29) is 0 Å². The molecule has 0 N–H and O–H groups in total. The Labute approximate surface area is 114 Å². The first-order chi connectivity index (χ1) is 8.19. The lowest BCUT2D eigenvalue weighted by molar-refractivity contribution is 0.408. The Morgan fingerprint density at radius 2 is 1.88 bits per heavy atom. The molecule has 17 heavy (non-hydrogen) atoms. The molecule has 0 aliphatic carbocycles. The van der Waals surface area contributed by atoms with Gasteiger partial charge in [-0.2, -0.15) is 0 Å². The highest BCUT2D eigenvalue weighted by molar-refractivity contribution is 9.09. The summed E-state index contributed by atoms with van der Waals surface area (Å²) in [6.45, 7) is 4.60. The molecule has 0 bridgehead atoms. The maximum atomic E-state index is 5.17. The molecule has 96 valence electrons. The van der Waals surface area contributed by atoms with Gasteiger partial charge in [-0.1, -0.05) is 48.3 Å². The van der Waals surface area contributed by atoms with Crippen LogP contribution in [-0.2, 0) is 6.42 Å². The van der Waals surface area contributed by atoms with Crippen molar-refractivity contribution in [3.8, 4) is 5.75 Å². The zero-order chi connectivity index (χ0) is 12.7. The molecule has 0 saturated heterocycles. The highest BCUT2D eigenvalue weighted by atomic mass is 79.9. The first kappa shape index (κ1) is 14.6. The predicted molar refractivity (Wildman–Crippen MR) is 78.1 cm³/mol. The second-order valence-electron chi connectivity index (χ2n) is 4.82. The average molecular weight is 299 g/mol. The van der Waals surface area contributed by atoms with Crippen molar-refractivity contribution in [2.75, 3.05) is 12.4 Å². The van der Waals surface area contributed by atoms with Crippen LogP contribution in [0.1, 0.15) is 32.3 Å². The summed E-state index contributed by atoms with van der Waals surface area (Å²) >= 11 is 3.63. The molecule has 0 radical (unpaired) electrons. The summed E-state index contributed by atoms with van der Waals surface area (Å²) in [7, 11) is 1.71. The molecular weight excluding hydrogens is 276 g/mol. The molecule has 0 amide bonds. The largest absolute Gasteiger partial charge is 0.497 e. The van der Waals surface area contributed by atoms with E-state index in [2.05, 4.69) is 41.9 Å². The van der Waals surface area contributed by atoms with E-state index >= 15 is 0 Å². The topological polar surface area (TPSA) is 9.23 Å². The molecule has 1 nitrogen and oxygen atoms in total. The number of methoxy groups -OCH3 is 1. The van der Waals surface area contributed by atoms with Crippen LogP contribution in [0.15, 0.2) is 24.3 Å². The minimum absolute atomic E-state index is 0.735. The van der Waals surface area contributed by atoms with Crippen molar-refractivity contribution in [3.63, 3.8) is 0 Å². The fourth-order valence-corrected chi connectivity index (χ4v) is 2.52. The van der Waals surface area contributed by atoms with E-state index in [1.807, 2.05) is 12.1 Å². The summed E-state index contributed by atoms with van der Waals surface area (Å²) in [4.78, 5) is 0. The van der Waals surface area contributed by atoms with Crippen molar-refractivity contribution in [2.24, 2.45) is 11.8 Å². The molecular formula is C15H23BrO. The normalized spacial score (nSPS) is 14.4. The van der Waals surface area contributed by atoms with Gasteiger partial charge in [0.15, 0.2) is 0 Å². The van der Waals surface area contributed by atoms with Gasteiger partial charge in [0, 0.05) is 5.33 Å². The van der Waals surface area contributed by atoms with Crippen molar-refractivity contribution < 1.29 is 4.74 Å². The lowest BCUT2D eigenvalue weighted by atomic mass is 9.90. The van der Waals surface area contributed by atoms with Gasteiger partial charge in [-0.3, -0.25) is 0 Å². The molecule has 2 heteroatoms. The lowest BCUT2D eigenvalue weighted by Crippen LogP contribution is -2.10. The van der Waals surface area contributed by atoms with Crippen LogP contribution in [0.25, 0.3) is 0 Å². The number of halogens is 1. The second kappa shape index (κ2) is 7.75. The smallest absolute Gasteiger partial charge is 0.118 e. The van der Waals surface area contributed by atoms with Gasteiger partial charge in [0.05, 0.1) is 7.11 Å². The highest BCUT2D eigenvalue weighted by Gasteiger charge is 2.12. The van der Waals surface area contributed by atoms with E-state index in [4.69, 9.17) is 4.74 Å². The highest BCUT2D eigenvalue weighted by Crippen LogP contribution is 2.22. The zero-order valence-electron chi connectivity index (χ0n) is 11.1. The maximum absolute atomic E-state index is 5.17. The summed E-state index contributed by atoms with van der Waals surface area (Å²) in [6.07, 6.45) is 3.72. The van der Waals surface area contributed by atoms with Gasteiger partial charge in [-0.05, 0) is 42.4 Å². The third-order valence-corrected chi connectivity index (χ3v) is 4.25. The maximum Gasteiger partial charge on any atom is 0.118 e. The van der Waals surface area contributed by atoms with Crippen LogP contribution in [0, 0.1) is 11.8 Å². The van der Waals surface area contributed by atoms with Crippen LogP contribution in [0.3, 0.4) is 0 Å².